The van der Waals surface area contributed by atoms with Crippen LogP contribution in [0.4, 0.5) is 0 Å². The number of rotatable bonds is 9. The Kier molecular flexibility index (Phi) is 10.1. The normalized spacial score (nSPS) is 15.5. The highest BCUT2D eigenvalue weighted by molar-refractivity contribution is 7.89. The highest BCUT2D eigenvalue weighted by Crippen LogP contribution is 2.32. The number of amides is 1. The lowest BCUT2D eigenvalue weighted by Crippen LogP contribution is -2.46. The molecule has 1 saturated heterocycles. The molecule has 0 atom stereocenters. The summed E-state index contributed by atoms with van der Waals surface area (Å²) in [5.41, 5.74) is 0.984. The van der Waals surface area contributed by atoms with Crippen molar-refractivity contribution in [3.63, 3.8) is 0 Å². The van der Waals surface area contributed by atoms with Crippen molar-refractivity contribution in [2.75, 3.05) is 47.0 Å². The number of carbonyl (C=O) groups excluding carboxylic acids is 1. The van der Waals surface area contributed by atoms with Gasteiger partial charge in [0.2, 0.25) is 15.9 Å². The van der Waals surface area contributed by atoms with Crippen LogP contribution in [-0.4, -0.2) is 80.6 Å². The van der Waals surface area contributed by atoms with Gasteiger partial charge in [-0.05, 0) is 56.0 Å². The molecule has 0 saturated carbocycles. The second-order valence-electron chi connectivity index (χ2n) is 8.62. The van der Waals surface area contributed by atoms with E-state index in [1.54, 1.807) is 49.3 Å². The van der Waals surface area contributed by atoms with Crippen LogP contribution in [0.25, 0.3) is 0 Å². The highest BCUT2D eigenvalue weighted by atomic mass is 35.5. The summed E-state index contributed by atoms with van der Waals surface area (Å²) >= 11 is 0. The number of pyridine rings is 1. The SMILES string of the molecule is COc1cc(C)c(S(=O)(=O)N(C)CCOCC(=O)N2CCC(O)(c3cccnc3)CC2)c(C)c1.Cl. The van der Waals surface area contributed by atoms with E-state index in [1.807, 2.05) is 6.07 Å². The Morgan fingerprint density at radius 2 is 1.86 bits per heavy atom. The van der Waals surface area contributed by atoms with Gasteiger partial charge in [-0.15, -0.1) is 12.4 Å². The molecule has 1 aliphatic rings. The molecular formula is C24H34ClN3O6S. The molecule has 9 nitrogen and oxygen atoms in total. The van der Waals surface area contributed by atoms with E-state index in [0.29, 0.717) is 42.8 Å². The van der Waals surface area contributed by atoms with Crippen LogP contribution < -0.4 is 4.74 Å². The summed E-state index contributed by atoms with van der Waals surface area (Å²) in [6, 6.07) is 7.01. The molecule has 194 valence electrons. The number of methoxy groups -OCH3 is 1. The predicted molar refractivity (Wildman–Crippen MR) is 134 cm³/mol. The second-order valence-corrected chi connectivity index (χ2v) is 10.6. The number of carbonyl (C=O) groups is 1. The zero-order valence-corrected chi connectivity index (χ0v) is 22.2. The number of hydrogen-bond acceptors (Lipinski definition) is 7. The smallest absolute Gasteiger partial charge is 0.248 e. The third-order valence-electron chi connectivity index (χ3n) is 6.26. The summed E-state index contributed by atoms with van der Waals surface area (Å²) in [5.74, 6) is 0.427. The van der Waals surface area contributed by atoms with Crippen molar-refractivity contribution in [2.45, 2.75) is 37.2 Å². The number of nitrogens with zero attached hydrogens (tertiary/aromatic N) is 3. The number of aromatic nitrogens is 1. The van der Waals surface area contributed by atoms with E-state index < -0.39 is 15.6 Å². The molecule has 0 bridgehead atoms. The first-order chi connectivity index (χ1) is 16.1. The quantitative estimate of drug-likeness (QED) is 0.498. The number of likely N-dealkylation sites (tertiary alicyclic amines) is 1. The number of aryl methyl sites for hydroxylation is 2. The van der Waals surface area contributed by atoms with Gasteiger partial charge in [0.1, 0.15) is 12.4 Å². The fourth-order valence-corrected chi connectivity index (χ4v) is 5.77. The summed E-state index contributed by atoms with van der Waals surface area (Å²) in [6.07, 6.45) is 4.16. The van der Waals surface area contributed by atoms with Crippen LogP contribution in [0.2, 0.25) is 0 Å². The molecule has 0 aliphatic carbocycles. The van der Waals surface area contributed by atoms with Gasteiger partial charge in [-0.2, -0.15) is 4.31 Å². The van der Waals surface area contributed by atoms with Crippen molar-refractivity contribution >= 4 is 28.3 Å². The van der Waals surface area contributed by atoms with Gasteiger partial charge in [0.25, 0.3) is 0 Å². The molecule has 1 amide bonds. The van der Waals surface area contributed by atoms with Gasteiger partial charge >= 0.3 is 0 Å². The Morgan fingerprint density at radius 1 is 1.23 bits per heavy atom. The fourth-order valence-electron chi connectivity index (χ4n) is 4.21. The monoisotopic (exact) mass is 527 g/mol. The largest absolute Gasteiger partial charge is 0.497 e. The van der Waals surface area contributed by atoms with Crippen LogP contribution in [-0.2, 0) is 25.2 Å². The average molecular weight is 528 g/mol. The van der Waals surface area contributed by atoms with Crippen LogP contribution in [0.15, 0.2) is 41.6 Å². The van der Waals surface area contributed by atoms with E-state index in [-0.39, 0.29) is 43.0 Å². The van der Waals surface area contributed by atoms with Gasteiger partial charge < -0.3 is 19.5 Å². The molecule has 0 spiro atoms. The molecule has 1 N–H and O–H groups in total. The summed E-state index contributed by atoms with van der Waals surface area (Å²) in [7, 11) is -0.683. The first kappa shape index (κ1) is 29.0. The minimum atomic E-state index is -3.72. The molecule has 0 unspecified atom stereocenters. The number of likely N-dealkylation sites (N-methyl/N-ethyl adjacent to an activating group) is 1. The van der Waals surface area contributed by atoms with Crippen LogP contribution in [0.3, 0.4) is 0 Å². The Hall–Kier alpha value is -2.24. The zero-order valence-electron chi connectivity index (χ0n) is 20.6. The maximum atomic E-state index is 13.1. The minimum absolute atomic E-state index is 0. The maximum Gasteiger partial charge on any atom is 0.248 e. The molecule has 1 fully saturated rings. The molecule has 35 heavy (non-hydrogen) atoms. The maximum absolute atomic E-state index is 13.1. The van der Waals surface area contributed by atoms with Gasteiger partial charge in [0, 0.05) is 44.6 Å². The van der Waals surface area contributed by atoms with Crippen molar-refractivity contribution in [1.82, 2.24) is 14.2 Å². The van der Waals surface area contributed by atoms with Crippen LogP contribution in [0, 0.1) is 13.8 Å². The van der Waals surface area contributed by atoms with E-state index in [2.05, 4.69) is 4.98 Å². The molecule has 3 rings (SSSR count). The predicted octanol–water partition coefficient (Wildman–Crippen LogP) is 2.28. The van der Waals surface area contributed by atoms with Crippen LogP contribution in [0.1, 0.15) is 29.5 Å². The van der Waals surface area contributed by atoms with E-state index in [9.17, 15) is 18.3 Å². The van der Waals surface area contributed by atoms with Crippen molar-refractivity contribution in [2.24, 2.45) is 0 Å². The standard InChI is InChI=1S/C24H33N3O6S.ClH/c1-18-14-21(32-4)15-19(2)23(18)34(30,31)26(3)12-13-33-17-22(28)27-10-7-24(29,8-11-27)20-6-5-9-25-16-20;/h5-6,9,14-16,29H,7-8,10-13,17H2,1-4H3;1H. The van der Waals surface area contributed by atoms with Gasteiger partial charge in [-0.25, -0.2) is 8.42 Å². The lowest BCUT2D eigenvalue weighted by molar-refractivity contribution is -0.140. The summed E-state index contributed by atoms with van der Waals surface area (Å²) in [5, 5.41) is 10.9. The fraction of sp³-hybridized carbons (Fsp3) is 0.500. The zero-order chi connectivity index (χ0) is 24.9. The number of ether oxygens (including phenoxy) is 2. The van der Waals surface area contributed by atoms with Crippen molar-refractivity contribution < 1.29 is 27.8 Å². The molecule has 1 aromatic heterocycles. The molecule has 2 aromatic rings. The van der Waals surface area contributed by atoms with Crippen molar-refractivity contribution in [3.05, 3.63) is 53.3 Å². The summed E-state index contributed by atoms with van der Waals surface area (Å²) in [4.78, 5) is 18.5. The molecule has 11 heteroatoms. The van der Waals surface area contributed by atoms with Crippen LogP contribution >= 0.6 is 12.4 Å². The number of piperidine rings is 1. The van der Waals surface area contributed by atoms with Crippen molar-refractivity contribution in [1.29, 1.82) is 0 Å². The van der Waals surface area contributed by atoms with Gasteiger partial charge in [-0.1, -0.05) is 6.07 Å². The Morgan fingerprint density at radius 3 is 2.40 bits per heavy atom. The Balaban J connectivity index is 0.00000432. The van der Waals surface area contributed by atoms with E-state index in [1.165, 1.54) is 18.5 Å². The molecule has 1 aromatic carbocycles. The van der Waals surface area contributed by atoms with Crippen LogP contribution in [0.5, 0.6) is 5.75 Å². The highest BCUT2D eigenvalue weighted by Gasteiger charge is 2.35. The Labute approximate surface area is 213 Å². The number of sulfonamides is 1. The molecular weight excluding hydrogens is 494 g/mol. The van der Waals surface area contributed by atoms with E-state index >= 15 is 0 Å². The van der Waals surface area contributed by atoms with Gasteiger partial charge in [-0.3, -0.25) is 9.78 Å². The van der Waals surface area contributed by atoms with Gasteiger partial charge in [0.15, 0.2) is 0 Å². The van der Waals surface area contributed by atoms with E-state index in [0.717, 1.165) is 5.56 Å². The lowest BCUT2D eigenvalue weighted by Gasteiger charge is -2.38. The first-order valence-corrected chi connectivity index (χ1v) is 12.6. The average Bonchev–Trinajstić information content (AvgIpc) is 2.81. The van der Waals surface area contributed by atoms with Gasteiger partial charge in [0.05, 0.1) is 24.2 Å². The lowest BCUT2D eigenvalue weighted by atomic mass is 9.85. The summed E-state index contributed by atoms with van der Waals surface area (Å²) < 4.78 is 38.0. The number of halogens is 1. The third kappa shape index (κ3) is 6.71. The summed E-state index contributed by atoms with van der Waals surface area (Å²) in [6.45, 7) is 4.36. The minimum Gasteiger partial charge on any atom is -0.497 e. The topological polar surface area (TPSA) is 109 Å². The van der Waals surface area contributed by atoms with E-state index in [4.69, 9.17) is 9.47 Å². The van der Waals surface area contributed by atoms with Crippen molar-refractivity contribution in [3.8, 4) is 5.75 Å². The molecule has 1 aliphatic heterocycles. The number of hydrogen-bond donors (Lipinski definition) is 1. The first-order valence-electron chi connectivity index (χ1n) is 11.2. The third-order valence-corrected chi connectivity index (χ3v) is 8.42. The molecule has 0 radical (unpaired) electrons. The number of aliphatic hydroxyl groups is 1. The Bertz CT molecular complexity index is 1080. The second kappa shape index (κ2) is 12.1. The number of benzene rings is 1. The molecule has 2 heterocycles.